The molecule has 0 bridgehead atoms. The van der Waals surface area contributed by atoms with E-state index in [1.54, 1.807) is 35.1 Å². The van der Waals surface area contributed by atoms with Crippen LogP contribution in [0.2, 0.25) is 0 Å². The van der Waals surface area contributed by atoms with E-state index in [0.717, 1.165) is 12.1 Å². The molecule has 4 rings (SSSR count). The first-order valence-electron chi connectivity index (χ1n) is 11.2. The molecule has 1 aromatic carbocycles. The lowest BCUT2D eigenvalue weighted by molar-refractivity contribution is -0.137. The van der Waals surface area contributed by atoms with Crippen molar-refractivity contribution >= 4 is 11.9 Å². The van der Waals surface area contributed by atoms with E-state index in [1.165, 1.54) is 12.1 Å². The standard InChI is InChI=1S/C24H27F3N6O2/c1-23(2,3)35-22(34)33-11-9-32(10-12-33)20-13-19(16-5-7-18(8-6-16)24(25,26)27)29-21(30-20)17-14-28-31(4)15-17/h5-8,13-15H,9-12H2,1-4H3. The predicted molar refractivity (Wildman–Crippen MR) is 125 cm³/mol. The summed E-state index contributed by atoms with van der Waals surface area (Å²) in [6, 6.07) is 6.65. The maximum absolute atomic E-state index is 13.0. The maximum Gasteiger partial charge on any atom is 0.416 e. The number of hydrogen-bond donors (Lipinski definition) is 0. The minimum atomic E-state index is -4.41. The summed E-state index contributed by atoms with van der Waals surface area (Å²) in [5.41, 5.74) is 0.434. The number of hydrogen-bond acceptors (Lipinski definition) is 6. The van der Waals surface area contributed by atoms with E-state index in [-0.39, 0.29) is 6.09 Å². The van der Waals surface area contributed by atoms with E-state index in [2.05, 4.69) is 10.1 Å². The summed E-state index contributed by atoms with van der Waals surface area (Å²) in [4.78, 5) is 25.4. The Kier molecular flexibility index (Phi) is 6.44. The van der Waals surface area contributed by atoms with Gasteiger partial charge in [-0.3, -0.25) is 4.68 Å². The van der Waals surface area contributed by atoms with Crippen molar-refractivity contribution in [2.45, 2.75) is 32.5 Å². The molecule has 1 aliphatic rings. The van der Waals surface area contributed by atoms with Crippen molar-refractivity contribution in [2.24, 2.45) is 7.05 Å². The first-order valence-corrected chi connectivity index (χ1v) is 11.2. The van der Waals surface area contributed by atoms with Crippen LogP contribution in [0.25, 0.3) is 22.6 Å². The molecule has 3 heterocycles. The first-order chi connectivity index (χ1) is 16.4. The molecular weight excluding hydrogens is 461 g/mol. The van der Waals surface area contributed by atoms with Gasteiger partial charge in [-0.25, -0.2) is 14.8 Å². The predicted octanol–water partition coefficient (Wildman–Crippen LogP) is 4.62. The average molecular weight is 489 g/mol. The Morgan fingerprint density at radius 1 is 0.971 bits per heavy atom. The van der Waals surface area contributed by atoms with Crippen molar-refractivity contribution in [1.82, 2.24) is 24.6 Å². The van der Waals surface area contributed by atoms with Crippen molar-refractivity contribution in [3.05, 3.63) is 48.3 Å². The van der Waals surface area contributed by atoms with Gasteiger partial charge in [0, 0.05) is 51.1 Å². The minimum absolute atomic E-state index is 0.360. The Hall–Kier alpha value is -3.63. The molecule has 35 heavy (non-hydrogen) atoms. The molecule has 1 aliphatic heterocycles. The normalized spacial score (nSPS) is 14.8. The quantitative estimate of drug-likeness (QED) is 0.536. The molecule has 8 nitrogen and oxygen atoms in total. The van der Waals surface area contributed by atoms with Gasteiger partial charge in [0.25, 0.3) is 0 Å². The second-order valence-electron chi connectivity index (χ2n) is 9.37. The van der Waals surface area contributed by atoms with Crippen LogP contribution in [0.15, 0.2) is 42.7 Å². The van der Waals surface area contributed by atoms with E-state index in [9.17, 15) is 18.0 Å². The summed E-state index contributed by atoms with van der Waals surface area (Å²) in [6.45, 7) is 7.43. The van der Waals surface area contributed by atoms with E-state index >= 15 is 0 Å². The van der Waals surface area contributed by atoms with Crippen LogP contribution in [0.3, 0.4) is 0 Å². The number of aryl methyl sites for hydroxylation is 1. The van der Waals surface area contributed by atoms with Crippen LogP contribution >= 0.6 is 0 Å². The fourth-order valence-electron chi connectivity index (χ4n) is 3.68. The van der Waals surface area contributed by atoms with Gasteiger partial charge in [0.1, 0.15) is 11.4 Å². The third-order valence-electron chi connectivity index (χ3n) is 5.44. The highest BCUT2D eigenvalue weighted by atomic mass is 19.4. The topological polar surface area (TPSA) is 76.4 Å². The molecule has 2 aromatic heterocycles. The second-order valence-corrected chi connectivity index (χ2v) is 9.37. The van der Waals surface area contributed by atoms with Crippen molar-refractivity contribution in [1.29, 1.82) is 0 Å². The van der Waals surface area contributed by atoms with Gasteiger partial charge in [-0.05, 0) is 32.9 Å². The zero-order chi connectivity index (χ0) is 25.4. The Morgan fingerprint density at radius 3 is 2.17 bits per heavy atom. The Balaban J connectivity index is 1.62. The third kappa shape index (κ3) is 5.90. The van der Waals surface area contributed by atoms with Gasteiger partial charge in [0.15, 0.2) is 5.82 Å². The van der Waals surface area contributed by atoms with Crippen LogP contribution in [0.1, 0.15) is 26.3 Å². The number of carbonyl (C=O) groups is 1. The van der Waals surface area contributed by atoms with Gasteiger partial charge in [-0.1, -0.05) is 12.1 Å². The average Bonchev–Trinajstić information content (AvgIpc) is 3.24. The molecule has 1 fully saturated rings. The van der Waals surface area contributed by atoms with Crippen LogP contribution in [0, 0.1) is 0 Å². The molecule has 0 aliphatic carbocycles. The molecule has 0 N–H and O–H groups in total. The highest BCUT2D eigenvalue weighted by Gasteiger charge is 2.30. The van der Waals surface area contributed by atoms with Crippen molar-refractivity contribution in [2.75, 3.05) is 31.1 Å². The Bertz CT molecular complexity index is 1190. The third-order valence-corrected chi connectivity index (χ3v) is 5.44. The van der Waals surface area contributed by atoms with E-state index in [4.69, 9.17) is 9.72 Å². The van der Waals surface area contributed by atoms with Gasteiger partial charge in [0.05, 0.1) is 23.0 Å². The zero-order valence-corrected chi connectivity index (χ0v) is 20.0. The number of rotatable bonds is 3. The largest absolute Gasteiger partial charge is 0.444 e. The van der Waals surface area contributed by atoms with Gasteiger partial charge in [0.2, 0.25) is 0 Å². The molecule has 1 saturated heterocycles. The molecule has 186 valence electrons. The number of carbonyl (C=O) groups excluding carboxylic acids is 1. The maximum atomic E-state index is 13.0. The van der Waals surface area contributed by atoms with Crippen molar-refractivity contribution in [3.63, 3.8) is 0 Å². The number of ether oxygens (including phenoxy) is 1. The number of nitrogens with zero attached hydrogens (tertiary/aromatic N) is 6. The van der Waals surface area contributed by atoms with Crippen molar-refractivity contribution in [3.8, 4) is 22.6 Å². The van der Waals surface area contributed by atoms with Crippen molar-refractivity contribution < 1.29 is 22.7 Å². The van der Waals surface area contributed by atoms with Gasteiger partial charge in [-0.2, -0.15) is 18.3 Å². The molecule has 0 saturated carbocycles. The number of alkyl halides is 3. The zero-order valence-electron chi connectivity index (χ0n) is 20.0. The Morgan fingerprint density at radius 2 is 1.63 bits per heavy atom. The minimum Gasteiger partial charge on any atom is -0.444 e. The fraction of sp³-hybridized carbons (Fsp3) is 0.417. The van der Waals surface area contributed by atoms with Gasteiger partial charge >= 0.3 is 12.3 Å². The number of aromatic nitrogens is 4. The van der Waals surface area contributed by atoms with Crippen LogP contribution in [-0.4, -0.2) is 62.5 Å². The molecule has 1 amide bonds. The lowest BCUT2D eigenvalue weighted by Gasteiger charge is -2.36. The molecular formula is C24H27F3N6O2. The van der Waals surface area contributed by atoms with E-state index in [0.29, 0.717) is 54.6 Å². The summed E-state index contributed by atoms with van der Waals surface area (Å²) in [6.07, 6.45) is -1.36. The molecule has 0 spiro atoms. The monoisotopic (exact) mass is 488 g/mol. The lowest BCUT2D eigenvalue weighted by atomic mass is 10.1. The molecule has 0 atom stereocenters. The number of piperazine rings is 1. The second kappa shape index (κ2) is 9.20. The van der Waals surface area contributed by atoms with Gasteiger partial charge < -0.3 is 14.5 Å². The highest BCUT2D eigenvalue weighted by Crippen LogP contribution is 2.32. The number of benzene rings is 1. The van der Waals surface area contributed by atoms with Crippen LogP contribution in [0.4, 0.5) is 23.8 Å². The summed E-state index contributed by atoms with van der Waals surface area (Å²) >= 11 is 0. The highest BCUT2D eigenvalue weighted by molar-refractivity contribution is 5.70. The molecule has 11 heteroatoms. The van der Waals surface area contributed by atoms with Crippen LogP contribution in [-0.2, 0) is 18.0 Å². The summed E-state index contributed by atoms with van der Waals surface area (Å²) in [5.74, 6) is 1.04. The summed E-state index contributed by atoms with van der Waals surface area (Å²) in [7, 11) is 1.78. The van der Waals surface area contributed by atoms with Crippen LogP contribution in [0.5, 0.6) is 0 Å². The molecule has 0 radical (unpaired) electrons. The molecule has 3 aromatic rings. The fourth-order valence-corrected chi connectivity index (χ4v) is 3.68. The SMILES string of the molecule is Cn1cc(-c2nc(-c3ccc(C(F)(F)F)cc3)cc(N3CCN(C(=O)OC(C)(C)C)CC3)n2)cn1. The lowest BCUT2D eigenvalue weighted by Crippen LogP contribution is -2.50. The number of anilines is 1. The number of amides is 1. The summed E-state index contributed by atoms with van der Waals surface area (Å²) < 4.78 is 46.1. The smallest absolute Gasteiger partial charge is 0.416 e. The first kappa shape index (κ1) is 24.5. The molecule has 0 unspecified atom stereocenters. The van der Waals surface area contributed by atoms with E-state index < -0.39 is 17.3 Å². The summed E-state index contributed by atoms with van der Waals surface area (Å²) in [5, 5.41) is 4.17. The van der Waals surface area contributed by atoms with Crippen LogP contribution < -0.4 is 4.90 Å². The van der Waals surface area contributed by atoms with Gasteiger partial charge in [-0.15, -0.1) is 0 Å². The number of halogens is 3. The van der Waals surface area contributed by atoms with E-state index in [1.807, 2.05) is 25.7 Å². The Labute approximate surface area is 201 Å².